The molecule has 0 N–H and O–H groups in total. The topological polar surface area (TPSA) is 61.8 Å². The Labute approximate surface area is 163 Å². The number of methoxy groups -OCH3 is 2. The average molecular weight is 393 g/mol. The molecular formula is C21H32O5Si. The molecule has 1 aromatic rings. The van der Waals surface area contributed by atoms with Crippen molar-refractivity contribution in [3.8, 4) is 0 Å². The van der Waals surface area contributed by atoms with Crippen LogP contribution in [0, 0.1) is 5.92 Å². The maximum absolute atomic E-state index is 12.3. The zero-order chi connectivity index (χ0) is 20.7. The van der Waals surface area contributed by atoms with Crippen LogP contribution >= 0.6 is 0 Å². The van der Waals surface area contributed by atoms with E-state index in [9.17, 15) is 9.59 Å². The van der Waals surface area contributed by atoms with Crippen LogP contribution in [-0.4, -0.2) is 41.1 Å². The number of hydrogen-bond acceptors (Lipinski definition) is 5. The third-order valence-corrected chi connectivity index (χ3v) is 9.64. The summed E-state index contributed by atoms with van der Waals surface area (Å²) in [5, 5.41) is 0.111. The van der Waals surface area contributed by atoms with Crippen LogP contribution in [-0.2, 0) is 23.5 Å². The molecule has 0 aliphatic rings. The Morgan fingerprint density at radius 3 is 2.00 bits per heavy atom. The number of ether oxygens (including phenoxy) is 2. The lowest BCUT2D eigenvalue weighted by atomic mass is 9.85. The standard InChI is InChI=1S/C21H32O5Si/c1-21(2,3)27(6,7)26-15-11-14-17(16-12-9-8-10-13-16)18(19(22)24-4)20(23)25-5/h8-14,17-18H,15H2,1-7H3/b14-11+/t17-/m0/s1. The van der Waals surface area contributed by atoms with Gasteiger partial charge in [-0.2, -0.15) is 0 Å². The first-order valence-corrected chi connectivity index (χ1v) is 12.0. The lowest BCUT2D eigenvalue weighted by Gasteiger charge is -2.35. The zero-order valence-corrected chi connectivity index (χ0v) is 18.4. The van der Waals surface area contributed by atoms with Crippen LogP contribution in [0.3, 0.4) is 0 Å². The molecule has 6 heteroatoms. The maximum Gasteiger partial charge on any atom is 0.321 e. The van der Waals surface area contributed by atoms with Crippen LogP contribution in [0.15, 0.2) is 42.5 Å². The van der Waals surface area contributed by atoms with Gasteiger partial charge in [-0.25, -0.2) is 0 Å². The Morgan fingerprint density at radius 2 is 1.56 bits per heavy atom. The van der Waals surface area contributed by atoms with Gasteiger partial charge in [-0.3, -0.25) is 9.59 Å². The van der Waals surface area contributed by atoms with Crippen LogP contribution in [0.4, 0.5) is 0 Å². The predicted octanol–water partition coefficient (Wildman–Crippen LogP) is 4.31. The number of rotatable bonds is 8. The van der Waals surface area contributed by atoms with Crippen LogP contribution < -0.4 is 0 Å². The molecule has 0 aliphatic heterocycles. The summed E-state index contributed by atoms with van der Waals surface area (Å²) in [4.78, 5) is 24.5. The normalized spacial score (nSPS) is 13.6. The van der Waals surface area contributed by atoms with E-state index in [4.69, 9.17) is 13.9 Å². The summed E-state index contributed by atoms with van der Waals surface area (Å²) in [7, 11) is 0.662. The van der Waals surface area contributed by atoms with Crippen molar-refractivity contribution in [2.75, 3.05) is 20.8 Å². The summed E-state index contributed by atoms with van der Waals surface area (Å²) >= 11 is 0. The van der Waals surface area contributed by atoms with E-state index in [2.05, 4.69) is 33.9 Å². The van der Waals surface area contributed by atoms with Crippen molar-refractivity contribution in [3.05, 3.63) is 48.0 Å². The Kier molecular flexibility index (Phi) is 8.43. The van der Waals surface area contributed by atoms with Gasteiger partial charge in [0.25, 0.3) is 0 Å². The number of allylic oxidation sites excluding steroid dienone is 1. The first-order chi connectivity index (χ1) is 12.5. The van der Waals surface area contributed by atoms with Gasteiger partial charge in [0.1, 0.15) is 0 Å². The monoisotopic (exact) mass is 392 g/mol. The van der Waals surface area contributed by atoms with E-state index in [-0.39, 0.29) is 5.04 Å². The molecule has 0 amide bonds. The fourth-order valence-electron chi connectivity index (χ4n) is 2.41. The Bertz CT molecular complexity index is 630. The van der Waals surface area contributed by atoms with Crippen LogP contribution in [0.2, 0.25) is 18.1 Å². The molecule has 1 atom stereocenters. The number of hydrogen-bond donors (Lipinski definition) is 0. The Morgan fingerprint density at radius 1 is 1.04 bits per heavy atom. The molecule has 5 nitrogen and oxygen atoms in total. The minimum absolute atomic E-state index is 0.111. The van der Waals surface area contributed by atoms with E-state index < -0.39 is 32.1 Å². The lowest BCUT2D eigenvalue weighted by Crippen LogP contribution is -2.40. The first-order valence-electron chi connectivity index (χ1n) is 9.06. The molecule has 0 aromatic heterocycles. The maximum atomic E-state index is 12.3. The van der Waals surface area contributed by atoms with Crippen LogP contribution in [0.25, 0.3) is 0 Å². The summed E-state index contributed by atoms with van der Waals surface area (Å²) in [5.41, 5.74) is 0.835. The highest BCUT2D eigenvalue weighted by molar-refractivity contribution is 6.74. The van der Waals surface area contributed by atoms with E-state index in [0.29, 0.717) is 6.61 Å². The number of carbonyl (C=O) groups is 2. The van der Waals surface area contributed by atoms with E-state index in [1.165, 1.54) is 14.2 Å². The number of esters is 2. The molecule has 0 saturated carbocycles. The van der Waals surface area contributed by atoms with Crippen molar-refractivity contribution in [2.24, 2.45) is 5.92 Å². The van der Waals surface area contributed by atoms with E-state index in [1.54, 1.807) is 0 Å². The minimum atomic E-state index is -1.88. The molecule has 0 unspecified atom stereocenters. The van der Waals surface area contributed by atoms with Gasteiger partial charge in [-0.1, -0.05) is 63.3 Å². The fraction of sp³-hybridized carbons (Fsp3) is 0.524. The Balaban J connectivity index is 3.09. The van der Waals surface area contributed by atoms with Gasteiger partial charge in [-0.15, -0.1) is 0 Å². The van der Waals surface area contributed by atoms with Gasteiger partial charge < -0.3 is 13.9 Å². The van der Waals surface area contributed by atoms with Crippen molar-refractivity contribution in [3.63, 3.8) is 0 Å². The molecule has 0 saturated heterocycles. The van der Waals surface area contributed by atoms with Gasteiger partial charge in [0.15, 0.2) is 14.2 Å². The van der Waals surface area contributed by atoms with Crippen molar-refractivity contribution < 1.29 is 23.5 Å². The zero-order valence-electron chi connectivity index (χ0n) is 17.4. The number of benzene rings is 1. The highest BCUT2D eigenvalue weighted by Gasteiger charge is 2.38. The quantitative estimate of drug-likeness (QED) is 0.285. The molecule has 0 heterocycles. The van der Waals surface area contributed by atoms with Crippen LogP contribution in [0.5, 0.6) is 0 Å². The largest absolute Gasteiger partial charge is 0.468 e. The molecule has 0 bridgehead atoms. The molecule has 0 spiro atoms. The minimum Gasteiger partial charge on any atom is -0.468 e. The second-order valence-corrected chi connectivity index (χ2v) is 12.8. The van der Waals surface area contributed by atoms with E-state index >= 15 is 0 Å². The molecule has 1 rings (SSSR count). The lowest BCUT2D eigenvalue weighted by molar-refractivity contribution is -0.159. The summed E-state index contributed by atoms with van der Waals surface area (Å²) in [6, 6.07) is 9.38. The molecule has 0 aliphatic carbocycles. The summed E-state index contributed by atoms with van der Waals surface area (Å²) in [5.74, 6) is -2.79. The summed E-state index contributed by atoms with van der Waals surface area (Å²) in [6.45, 7) is 11.3. The highest BCUT2D eigenvalue weighted by atomic mass is 28.4. The molecule has 27 heavy (non-hydrogen) atoms. The predicted molar refractivity (Wildman–Crippen MR) is 109 cm³/mol. The van der Waals surface area contributed by atoms with Crippen molar-refractivity contribution >= 4 is 20.3 Å². The second-order valence-electron chi connectivity index (χ2n) is 7.96. The van der Waals surface area contributed by atoms with E-state index in [0.717, 1.165) is 5.56 Å². The Hall–Kier alpha value is -1.92. The van der Waals surface area contributed by atoms with Crippen molar-refractivity contribution in [1.29, 1.82) is 0 Å². The highest BCUT2D eigenvalue weighted by Crippen LogP contribution is 2.36. The molecule has 1 aromatic carbocycles. The first kappa shape index (κ1) is 23.1. The van der Waals surface area contributed by atoms with Gasteiger partial charge in [0, 0.05) is 5.92 Å². The molecule has 150 valence electrons. The van der Waals surface area contributed by atoms with Crippen molar-refractivity contribution in [2.45, 2.75) is 44.8 Å². The third-order valence-electron chi connectivity index (χ3n) is 5.14. The van der Waals surface area contributed by atoms with Gasteiger partial charge in [0.2, 0.25) is 0 Å². The van der Waals surface area contributed by atoms with Gasteiger partial charge in [0.05, 0.1) is 20.8 Å². The average Bonchev–Trinajstić information content (AvgIpc) is 2.62. The second kappa shape index (κ2) is 9.85. The molecule has 0 radical (unpaired) electrons. The number of carbonyl (C=O) groups excluding carboxylic acids is 2. The smallest absolute Gasteiger partial charge is 0.321 e. The van der Waals surface area contributed by atoms with Gasteiger partial charge in [-0.05, 0) is 23.7 Å². The molecular weight excluding hydrogens is 360 g/mol. The SMILES string of the molecule is COC(=O)C(C(=O)OC)[C@@H](/C=C/CO[Si](C)(C)C(C)(C)C)c1ccccc1. The van der Waals surface area contributed by atoms with Crippen molar-refractivity contribution in [1.82, 2.24) is 0 Å². The fourth-order valence-corrected chi connectivity index (χ4v) is 3.35. The van der Waals surface area contributed by atoms with Gasteiger partial charge >= 0.3 is 11.9 Å². The summed E-state index contributed by atoms with van der Waals surface area (Å²) in [6.07, 6.45) is 3.71. The molecule has 0 fully saturated rings. The third kappa shape index (κ3) is 6.32. The van der Waals surface area contributed by atoms with E-state index in [1.807, 2.05) is 42.5 Å². The van der Waals surface area contributed by atoms with Crippen LogP contribution in [0.1, 0.15) is 32.3 Å². The summed E-state index contributed by atoms with van der Waals surface area (Å²) < 4.78 is 15.8.